The largest absolute Gasteiger partial charge is 0.497 e. The molecule has 170 valence electrons. The van der Waals surface area contributed by atoms with Gasteiger partial charge < -0.3 is 23.5 Å². The molecule has 2 aromatic carbocycles. The summed E-state index contributed by atoms with van der Waals surface area (Å²) in [5.74, 6) is 2.88. The highest BCUT2D eigenvalue weighted by molar-refractivity contribution is 7.98. The van der Waals surface area contributed by atoms with E-state index in [1.54, 1.807) is 20.4 Å². The van der Waals surface area contributed by atoms with Crippen molar-refractivity contribution in [2.45, 2.75) is 37.0 Å². The third-order valence-electron chi connectivity index (χ3n) is 5.60. The van der Waals surface area contributed by atoms with Gasteiger partial charge in [-0.25, -0.2) is 4.98 Å². The zero-order chi connectivity index (χ0) is 22.2. The molecule has 2 atom stereocenters. The van der Waals surface area contributed by atoms with Gasteiger partial charge in [-0.2, -0.15) is 11.8 Å². The van der Waals surface area contributed by atoms with Gasteiger partial charge in [-0.1, -0.05) is 30.3 Å². The van der Waals surface area contributed by atoms with Crippen molar-refractivity contribution >= 4 is 11.8 Å². The Morgan fingerprint density at radius 1 is 1.12 bits per heavy atom. The van der Waals surface area contributed by atoms with Crippen LogP contribution in [-0.4, -0.2) is 48.0 Å². The first-order chi connectivity index (χ1) is 15.7. The number of benzene rings is 2. The molecule has 0 spiro atoms. The monoisotopic (exact) mass is 454 g/mol. The SMILES string of the molecule is COc1ccc(CCC2(Cn3ccnc3)OCC(CSCc3ccccc3OC)O2)cc1. The lowest BCUT2D eigenvalue weighted by atomic mass is 10.0. The third-order valence-corrected chi connectivity index (χ3v) is 6.73. The van der Waals surface area contributed by atoms with Crippen LogP contribution >= 0.6 is 11.8 Å². The maximum absolute atomic E-state index is 6.54. The number of imidazole rings is 1. The highest BCUT2D eigenvalue weighted by Crippen LogP contribution is 2.33. The van der Waals surface area contributed by atoms with Crippen molar-refractivity contribution in [3.05, 3.63) is 78.4 Å². The minimum absolute atomic E-state index is 0.0501. The molecule has 1 aliphatic heterocycles. The molecule has 1 aliphatic rings. The summed E-state index contributed by atoms with van der Waals surface area (Å²) in [6, 6.07) is 16.3. The van der Waals surface area contributed by atoms with E-state index in [0.717, 1.165) is 35.8 Å². The van der Waals surface area contributed by atoms with Crippen molar-refractivity contribution in [3.63, 3.8) is 0 Å². The molecule has 0 N–H and O–H groups in total. The van der Waals surface area contributed by atoms with E-state index in [4.69, 9.17) is 18.9 Å². The quantitative estimate of drug-likeness (QED) is 0.423. The standard InChI is InChI=1S/C25H30N2O4S/c1-28-22-9-7-20(8-10-22)11-12-25(18-27-14-13-26-19-27)30-15-23(31-25)17-32-16-21-5-3-4-6-24(21)29-2/h3-10,13-14,19,23H,11-12,15-18H2,1-2H3. The van der Waals surface area contributed by atoms with Gasteiger partial charge in [-0.3, -0.25) is 0 Å². The summed E-state index contributed by atoms with van der Waals surface area (Å²) in [5, 5.41) is 0. The Bertz CT molecular complexity index is 964. The molecule has 1 fully saturated rings. The predicted molar refractivity (Wildman–Crippen MR) is 126 cm³/mol. The van der Waals surface area contributed by atoms with E-state index in [-0.39, 0.29) is 6.10 Å². The topological polar surface area (TPSA) is 54.7 Å². The summed E-state index contributed by atoms with van der Waals surface area (Å²) >= 11 is 1.84. The highest BCUT2D eigenvalue weighted by Gasteiger charge is 2.41. The smallest absolute Gasteiger partial charge is 0.187 e. The molecule has 0 saturated carbocycles. The van der Waals surface area contributed by atoms with E-state index < -0.39 is 5.79 Å². The Labute approximate surface area is 193 Å². The number of methoxy groups -OCH3 is 2. The number of aromatic nitrogens is 2. The van der Waals surface area contributed by atoms with E-state index in [2.05, 4.69) is 23.2 Å². The molecule has 7 heteroatoms. The van der Waals surface area contributed by atoms with Crippen LogP contribution in [0.2, 0.25) is 0 Å². The Balaban J connectivity index is 1.36. The van der Waals surface area contributed by atoms with Gasteiger partial charge in [0.1, 0.15) is 11.5 Å². The maximum Gasteiger partial charge on any atom is 0.187 e. The molecule has 3 aromatic rings. The van der Waals surface area contributed by atoms with Crippen LogP contribution in [-0.2, 0) is 28.2 Å². The summed E-state index contributed by atoms with van der Waals surface area (Å²) in [6.07, 6.45) is 7.23. The number of para-hydroxylation sites is 1. The summed E-state index contributed by atoms with van der Waals surface area (Å²) in [4.78, 5) is 4.17. The van der Waals surface area contributed by atoms with E-state index in [1.807, 2.05) is 59.2 Å². The van der Waals surface area contributed by atoms with Gasteiger partial charge in [0, 0.05) is 35.9 Å². The highest BCUT2D eigenvalue weighted by atomic mass is 32.2. The molecule has 2 unspecified atom stereocenters. The third kappa shape index (κ3) is 5.85. The average molecular weight is 455 g/mol. The number of nitrogens with zero attached hydrogens (tertiary/aromatic N) is 2. The minimum atomic E-state index is -0.656. The van der Waals surface area contributed by atoms with Crippen molar-refractivity contribution in [1.29, 1.82) is 0 Å². The molecule has 4 rings (SSSR count). The number of ether oxygens (including phenoxy) is 4. The predicted octanol–water partition coefficient (Wildman–Crippen LogP) is 4.58. The van der Waals surface area contributed by atoms with E-state index in [9.17, 15) is 0 Å². The molecule has 0 bridgehead atoms. The second-order valence-electron chi connectivity index (χ2n) is 7.87. The number of hydrogen-bond donors (Lipinski definition) is 0. The fourth-order valence-electron chi connectivity index (χ4n) is 3.90. The van der Waals surface area contributed by atoms with Crippen LogP contribution in [0.5, 0.6) is 11.5 Å². The Morgan fingerprint density at radius 3 is 2.72 bits per heavy atom. The van der Waals surface area contributed by atoms with Crippen LogP contribution in [0.3, 0.4) is 0 Å². The molecule has 0 amide bonds. The van der Waals surface area contributed by atoms with Crippen molar-refractivity contribution < 1.29 is 18.9 Å². The second kappa shape index (κ2) is 10.9. The molecule has 0 radical (unpaired) electrons. The summed E-state index contributed by atoms with van der Waals surface area (Å²) in [6.45, 7) is 1.22. The van der Waals surface area contributed by atoms with Crippen molar-refractivity contribution in [1.82, 2.24) is 9.55 Å². The lowest BCUT2D eigenvalue weighted by Crippen LogP contribution is -2.37. The van der Waals surface area contributed by atoms with E-state index >= 15 is 0 Å². The van der Waals surface area contributed by atoms with Gasteiger partial charge in [0.15, 0.2) is 5.79 Å². The fourth-order valence-corrected chi connectivity index (χ4v) is 4.90. The molecule has 6 nitrogen and oxygen atoms in total. The minimum Gasteiger partial charge on any atom is -0.497 e. The summed E-state index contributed by atoms with van der Waals surface area (Å²) in [7, 11) is 3.39. The molecule has 1 saturated heterocycles. The van der Waals surface area contributed by atoms with Gasteiger partial charge in [0.25, 0.3) is 0 Å². The first kappa shape index (κ1) is 22.7. The van der Waals surface area contributed by atoms with Crippen molar-refractivity contribution in [2.24, 2.45) is 0 Å². The van der Waals surface area contributed by atoms with Crippen molar-refractivity contribution in [3.8, 4) is 11.5 Å². The van der Waals surface area contributed by atoms with Crippen LogP contribution in [0.1, 0.15) is 17.5 Å². The van der Waals surface area contributed by atoms with E-state index in [0.29, 0.717) is 13.2 Å². The van der Waals surface area contributed by atoms with Crippen molar-refractivity contribution in [2.75, 3.05) is 26.6 Å². The van der Waals surface area contributed by atoms with Crippen LogP contribution in [0.25, 0.3) is 0 Å². The normalized spacial score (nSPS) is 20.4. The maximum atomic E-state index is 6.54. The molecular formula is C25H30N2O4S. The zero-order valence-corrected chi connectivity index (χ0v) is 19.4. The van der Waals surface area contributed by atoms with Crippen LogP contribution in [0, 0.1) is 0 Å². The number of hydrogen-bond acceptors (Lipinski definition) is 6. The van der Waals surface area contributed by atoms with Gasteiger partial charge in [-0.05, 0) is 30.2 Å². The van der Waals surface area contributed by atoms with Crippen LogP contribution in [0.4, 0.5) is 0 Å². The average Bonchev–Trinajstić information content (AvgIpc) is 3.49. The number of rotatable bonds is 11. The first-order valence-corrected chi connectivity index (χ1v) is 12.0. The van der Waals surface area contributed by atoms with Gasteiger partial charge in [0.2, 0.25) is 0 Å². The number of thioether (sulfide) groups is 1. The molecule has 0 aliphatic carbocycles. The lowest BCUT2D eigenvalue weighted by Gasteiger charge is -2.28. The molecule has 1 aromatic heterocycles. The summed E-state index contributed by atoms with van der Waals surface area (Å²) in [5.41, 5.74) is 2.43. The Morgan fingerprint density at radius 2 is 1.97 bits per heavy atom. The van der Waals surface area contributed by atoms with Crippen LogP contribution < -0.4 is 9.47 Å². The van der Waals surface area contributed by atoms with Crippen LogP contribution in [0.15, 0.2) is 67.3 Å². The zero-order valence-electron chi connectivity index (χ0n) is 18.6. The Hall–Kier alpha value is -2.48. The molecular weight excluding hydrogens is 424 g/mol. The molecule has 2 heterocycles. The van der Waals surface area contributed by atoms with Gasteiger partial charge >= 0.3 is 0 Å². The summed E-state index contributed by atoms with van der Waals surface area (Å²) < 4.78 is 25.6. The van der Waals surface area contributed by atoms with Gasteiger partial charge in [0.05, 0.1) is 39.8 Å². The van der Waals surface area contributed by atoms with Gasteiger partial charge in [-0.15, -0.1) is 0 Å². The first-order valence-electron chi connectivity index (χ1n) is 10.8. The van der Waals surface area contributed by atoms with E-state index in [1.165, 1.54) is 11.1 Å². The Kier molecular flexibility index (Phi) is 7.73. The number of aryl methyl sites for hydroxylation is 1. The molecule has 32 heavy (non-hydrogen) atoms. The fraction of sp³-hybridized carbons (Fsp3) is 0.400. The second-order valence-corrected chi connectivity index (χ2v) is 8.90. The lowest BCUT2D eigenvalue weighted by molar-refractivity contribution is -0.180.